The van der Waals surface area contributed by atoms with Crippen LogP contribution < -0.4 is 10.5 Å². The maximum absolute atomic E-state index is 12.6. The van der Waals surface area contributed by atoms with E-state index in [1.807, 2.05) is 13.8 Å². The highest BCUT2D eigenvalue weighted by Gasteiger charge is 2.41. The lowest BCUT2D eigenvalue weighted by Gasteiger charge is -2.28. The zero-order chi connectivity index (χ0) is 15.8. The van der Waals surface area contributed by atoms with E-state index in [4.69, 9.17) is 34.3 Å². The summed E-state index contributed by atoms with van der Waals surface area (Å²) in [5.41, 5.74) is 5.33. The summed E-state index contributed by atoms with van der Waals surface area (Å²) in [6.45, 7) is 4.16. The van der Waals surface area contributed by atoms with Gasteiger partial charge in [0.1, 0.15) is 9.88 Å². The maximum Gasteiger partial charge on any atom is 0.242 e. The zero-order valence-corrected chi connectivity index (χ0v) is 14.1. The molecule has 0 amide bonds. The van der Waals surface area contributed by atoms with E-state index in [-0.39, 0.29) is 21.0 Å². The highest BCUT2D eigenvalue weighted by atomic mass is 35.5. The van der Waals surface area contributed by atoms with E-state index >= 15 is 0 Å². The number of benzene rings is 1. The van der Waals surface area contributed by atoms with Gasteiger partial charge >= 0.3 is 0 Å². The molecule has 1 aliphatic heterocycles. The zero-order valence-electron chi connectivity index (χ0n) is 11.7. The summed E-state index contributed by atoms with van der Waals surface area (Å²) in [6, 6.07) is 4.45. The highest BCUT2D eigenvalue weighted by molar-refractivity contribution is 7.89. The second-order valence-corrected chi connectivity index (χ2v) is 7.79. The van der Waals surface area contributed by atoms with Crippen molar-refractivity contribution in [3.63, 3.8) is 0 Å². The van der Waals surface area contributed by atoms with Gasteiger partial charge in [-0.2, -0.15) is 0 Å². The van der Waals surface area contributed by atoms with E-state index in [1.54, 1.807) is 6.07 Å². The fourth-order valence-electron chi connectivity index (χ4n) is 2.19. The van der Waals surface area contributed by atoms with Gasteiger partial charge in [0.2, 0.25) is 10.0 Å². The monoisotopic (exact) mass is 348 g/mol. The van der Waals surface area contributed by atoms with Crippen LogP contribution in [0.3, 0.4) is 0 Å². The van der Waals surface area contributed by atoms with Gasteiger partial charge < -0.3 is 10.5 Å². The molecule has 2 unspecified atom stereocenters. The lowest BCUT2D eigenvalue weighted by Crippen LogP contribution is -2.50. The molecule has 1 saturated heterocycles. The van der Waals surface area contributed by atoms with Gasteiger partial charge in [0.15, 0.2) is 0 Å². The molecule has 21 heavy (non-hydrogen) atoms. The molecule has 1 fully saturated rings. The van der Waals surface area contributed by atoms with E-state index < -0.39 is 15.6 Å². The average molecular weight is 349 g/mol. The molecule has 1 aliphatic rings. The second-order valence-electron chi connectivity index (χ2n) is 5.30. The molecule has 5 nitrogen and oxygen atoms in total. The summed E-state index contributed by atoms with van der Waals surface area (Å²) in [4.78, 5) is 0.0849. The first-order valence-corrected chi connectivity index (χ1v) is 8.67. The number of ether oxygens (including phenoxy) is 1. The largest absolute Gasteiger partial charge is 0.389 e. The molecule has 0 spiro atoms. The van der Waals surface area contributed by atoms with Gasteiger partial charge in [0.05, 0.1) is 16.7 Å². The van der Waals surface area contributed by atoms with Crippen LogP contribution in [0.4, 0.5) is 0 Å². The maximum atomic E-state index is 12.6. The van der Waals surface area contributed by atoms with Crippen molar-refractivity contribution >= 4 is 38.8 Å². The predicted molar refractivity (Wildman–Crippen MR) is 86.1 cm³/mol. The summed E-state index contributed by atoms with van der Waals surface area (Å²) in [5, 5.41) is 0.123. The van der Waals surface area contributed by atoms with Gasteiger partial charge in [0.25, 0.3) is 0 Å². The third-order valence-corrected chi connectivity index (χ3v) is 6.09. The van der Waals surface area contributed by atoms with E-state index in [0.717, 1.165) is 0 Å². The van der Waals surface area contributed by atoms with Crippen LogP contribution in [0.2, 0.25) is 5.02 Å². The Balaban J connectivity index is 2.40. The number of rotatable bonds is 4. The van der Waals surface area contributed by atoms with Gasteiger partial charge in [-0.05, 0) is 32.4 Å². The first-order valence-electron chi connectivity index (χ1n) is 6.41. The Morgan fingerprint density at radius 2 is 2.24 bits per heavy atom. The van der Waals surface area contributed by atoms with Crippen LogP contribution in [0.1, 0.15) is 25.8 Å². The average Bonchev–Trinajstić information content (AvgIpc) is 2.68. The van der Waals surface area contributed by atoms with E-state index in [9.17, 15) is 8.42 Å². The first kappa shape index (κ1) is 16.6. The number of hydrogen-bond acceptors (Lipinski definition) is 4. The van der Waals surface area contributed by atoms with Crippen LogP contribution >= 0.6 is 23.8 Å². The van der Waals surface area contributed by atoms with Crippen LogP contribution in [0, 0.1) is 0 Å². The molecule has 0 bridgehead atoms. The van der Waals surface area contributed by atoms with Crippen LogP contribution in [-0.2, 0) is 14.8 Å². The van der Waals surface area contributed by atoms with Crippen LogP contribution in [0.15, 0.2) is 23.1 Å². The number of thiocarbonyl (C=S) groups is 1. The molecule has 0 saturated carbocycles. The molecule has 0 aromatic heterocycles. The topological polar surface area (TPSA) is 81.4 Å². The smallest absolute Gasteiger partial charge is 0.242 e. The Bertz CT molecular complexity index is 678. The molecule has 2 rings (SSSR count). The number of sulfonamides is 1. The van der Waals surface area contributed by atoms with E-state index in [2.05, 4.69) is 4.72 Å². The van der Waals surface area contributed by atoms with Gasteiger partial charge in [-0.1, -0.05) is 29.9 Å². The Hall–Kier alpha value is -0.730. The minimum atomic E-state index is -3.80. The summed E-state index contributed by atoms with van der Waals surface area (Å²) >= 11 is 10.9. The molecule has 3 N–H and O–H groups in total. The van der Waals surface area contributed by atoms with Crippen molar-refractivity contribution in [2.45, 2.75) is 36.8 Å². The van der Waals surface area contributed by atoms with Gasteiger partial charge in [0, 0.05) is 12.2 Å². The predicted octanol–water partition coefficient (Wildman–Crippen LogP) is 1.82. The third kappa shape index (κ3) is 3.37. The SMILES string of the molecule is CC1OCCC1(C)NS(=O)(=O)c1cc(C(N)=S)ccc1Cl. The van der Waals surface area contributed by atoms with Crippen molar-refractivity contribution in [2.75, 3.05) is 6.61 Å². The minimum absolute atomic E-state index is 0.0326. The Morgan fingerprint density at radius 1 is 1.57 bits per heavy atom. The Labute approximate surface area is 134 Å². The second kappa shape index (κ2) is 5.81. The molecular weight excluding hydrogens is 332 g/mol. The lowest BCUT2D eigenvalue weighted by molar-refractivity contribution is 0.0957. The molecule has 1 aromatic rings. The summed E-state index contributed by atoms with van der Waals surface area (Å²) in [6.07, 6.45) is 0.379. The van der Waals surface area contributed by atoms with Crippen LogP contribution in [0.25, 0.3) is 0 Å². The van der Waals surface area contributed by atoms with Crippen molar-refractivity contribution in [3.8, 4) is 0 Å². The molecule has 0 radical (unpaired) electrons. The number of nitrogens with one attached hydrogen (secondary N) is 1. The van der Waals surface area contributed by atoms with Crippen molar-refractivity contribution < 1.29 is 13.2 Å². The summed E-state index contributed by atoms with van der Waals surface area (Å²) in [5.74, 6) is 0. The summed E-state index contributed by atoms with van der Waals surface area (Å²) < 4.78 is 33.3. The van der Waals surface area contributed by atoms with Crippen molar-refractivity contribution in [1.29, 1.82) is 0 Å². The van der Waals surface area contributed by atoms with Crippen molar-refractivity contribution in [1.82, 2.24) is 4.72 Å². The fraction of sp³-hybridized carbons (Fsp3) is 0.462. The molecule has 1 aromatic carbocycles. The van der Waals surface area contributed by atoms with Gasteiger partial charge in [-0.3, -0.25) is 0 Å². The molecule has 2 atom stereocenters. The standard InChI is InChI=1S/C13H17ClN2O3S2/c1-8-13(2,5-6-19-8)16-21(17,18)11-7-9(12(15)20)3-4-10(11)14/h3-4,7-8,16H,5-6H2,1-2H3,(H2,15,20). The molecular formula is C13H17ClN2O3S2. The third-order valence-electron chi connectivity index (χ3n) is 3.76. The van der Waals surface area contributed by atoms with Crippen molar-refractivity contribution in [2.24, 2.45) is 5.73 Å². The lowest BCUT2D eigenvalue weighted by atomic mass is 9.97. The Kier molecular flexibility index (Phi) is 4.60. The number of nitrogens with two attached hydrogens (primary N) is 1. The van der Waals surface area contributed by atoms with Gasteiger partial charge in [-0.25, -0.2) is 13.1 Å². The van der Waals surface area contributed by atoms with E-state index in [0.29, 0.717) is 18.6 Å². The Morgan fingerprint density at radius 3 is 2.76 bits per heavy atom. The van der Waals surface area contributed by atoms with Crippen LogP contribution in [-0.4, -0.2) is 31.7 Å². The number of halogens is 1. The molecule has 8 heteroatoms. The molecule has 1 heterocycles. The van der Waals surface area contributed by atoms with Crippen LogP contribution in [0.5, 0.6) is 0 Å². The minimum Gasteiger partial charge on any atom is -0.389 e. The molecule has 116 valence electrons. The highest BCUT2D eigenvalue weighted by Crippen LogP contribution is 2.29. The van der Waals surface area contributed by atoms with Crippen molar-refractivity contribution in [3.05, 3.63) is 28.8 Å². The van der Waals surface area contributed by atoms with E-state index in [1.165, 1.54) is 12.1 Å². The normalized spacial score (nSPS) is 26.0. The first-order chi connectivity index (χ1) is 9.66. The number of hydrogen-bond donors (Lipinski definition) is 2. The molecule has 0 aliphatic carbocycles. The van der Waals surface area contributed by atoms with Gasteiger partial charge in [-0.15, -0.1) is 0 Å². The quantitative estimate of drug-likeness (QED) is 0.811. The summed E-state index contributed by atoms with van der Waals surface area (Å²) in [7, 11) is -3.80. The fourth-order valence-corrected chi connectivity index (χ4v) is 4.34.